The maximum Gasteiger partial charge on any atom is 0.133 e. The van der Waals surface area contributed by atoms with Crippen LogP contribution in [0, 0.1) is 11.3 Å². The third-order valence-electron chi connectivity index (χ3n) is 6.25. The molecule has 4 nitrogen and oxygen atoms in total. The summed E-state index contributed by atoms with van der Waals surface area (Å²) in [5.41, 5.74) is 1.08. The maximum atomic E-state index is 12.5. The molecule has 2 aromatic rings. The first-order valence-corrected chi connectivity index (χ1v) is 11.5. The Hall–Kier alpha value is -2.17. The molecule has 0 saturated carbocycles. The molecule has 1 unspecified atom stereocenters. The quantitative estimate of drug-likeness (QED) is 0.579. The molecule has 3 rings (SSSR count). The molecule has 1 heterocycles. The van der Waals surface area contributed by atoms with Crippen LogP contribution in [0.3, 0.4) is 0 Å². The number of aliphatic hydroxyl groups excluding tert-OH is 1. The van der Waals surface area contributed by atoms with Crippen LogP contribution in [0.15, 0.2) is 54.6 Å². The highest BCUT2D eigenvalue weighted by molar-refractivity contribution is 5.78. The number of piperidine rings is 1. The van der Waals surface area contributed by atoms with Gasteiger partial charge in [-0.15, -0.1) is 0 Å². The minimum Gasteiger partial charge on any atom is -0.457 e. The number of benzene rings is 2. The highest BCUT2D eigenvalue weighted by Crippen LogP contribution is 2.25. The molecule has 1 saturated heterocycles. The van der Waals surface area contributed by atoms with Crippen molar-refractivity contribution in [1.82, 2.24) is 4.90 Å². The fraction of sp³-hybridized carbons (Fsp3) is 0.519. The topological polar surface area (TPSA) is 49.8 Å². The predicted molar refractivity (Wildman–Crippen MR) is 126 cm³/mol. The summed E-state index contributed by atoms with van der Waals surface area (Å²) in [5.74, 6) is 2.48. The van der Waals surface area contributed by atoms with Crippen molar-refractivity contribution in [2.75, 3.05) is 19.6 Å². The number of para-hydroxylation sites is 1. The number of aliphatic hydroxyl groups is 1. The predicted octanol–water partition coefficient (Wildman–Crippen LogP) is 5.49. The second kappa shape index (κ2) is 10.9. The molecule has 1 aliphatic heterocycles. The zero-order chi connectivity index (χ0) is 22.3. The summed E-state index contributed by atoms with van der Waals surface area (Å²) in [4.78, 5) is 14.8. The summed E-state index contributed by atoms with van der Waals surface area (Å²) in [6, 6.07) is 17.8. The SMILES string of the molecule is CC(C)(C)C(O)CN1CCC(CC(=O)CCc2ccc(Oc3ccccc3)cc2)CC1. The van der Waals surface area contributed by atoms with E-state index in [4.69, 9.17) is 4.74 Å². The number of ether oxygens (including phenoxy) is 1. The first kappa shape index (κ1) is 23.5. The van der Waals surface area contributed by atoms with Gasteiger partial charge in [0.15, 0.2) is 0 Å². The maximum absolute atomic E-state index is 12.5. The van der Waals surface area contributed by atoms with E-state index < -0.39 is 0 Å². The van der Waals surface area contributed by atoms with Crippen molar-refractivity contribution in [2.45, 2.75) is 59.0 Å². The Morgan fingerprint density at radius 3 is 2.26 bits per heavy atom. The number of ketones is 1. The molecule has 168 valence electrons. The fourth-order valence-corrected chi connectivity index (χ4v) is 3.95. The van der Waals surface area contributed by atoms with E-state index >= 15 is 0 Å². The van der Waals surface area contributed by atoms with Crippen molar-refractivity contribution < 1.29 is 14.6 Å². The molecular weight excluding hydrogens is 386 g/mol. The number of Topliss-reactive ketones (excluding diaryl/α,β-unsaturated/α-hetero) is 1. The van der Waals surface area contributed by atoms with Gasteiger partial charge in [-0.05, 0) is 73.5 Å². The smallest absolute Gasteiger partial charge is 0.133 e. The Morgan fingerprint density at radius 2 is 1.65 bits per heavy atom. The summed E-state index contributed by atoms with van der Waals surface area (Å²) < 4.78 is 5.82. The van der Waals surface area contributed by atoms with Gasteiger partial charge in [0.25, 0.3) is 0 Å². The molecule has 1 atom stereocenters. The van der Waals surface area contributed by atoms with E-state index in [9.17, 15) is 9.90 Å². The van der Waals surface area contributed by atoms with Crippen LogP contribution in [0.1, 0.15) is 52.0 Å². The number of likely N-dealkylation sites (tertiary alicyclic amines) is 1. The number of hydrogen-bond acceptors (Lipinski definition) is 4. The van der Waals surface area contributed by atoms with Crippen LogP contribution in [-0.4, -0.2) is 41.5 Å². The highest BCUT2D eigenvalue weighted by atomic mass is 16.5. The van der Waals surface area contributed by atoms with Gasteiger partial charge < -0.3 is 14.7 Å². The summed E-state index contributed by atoms with van der Waals surface area (Å²) in [7, 11) is 0. The van der Waals surface area contributed by atoms with Gasteiger partial charge in [-0.3, -0.25) is 4.79 Å². The molecule has 31 heavy (non-hydrogen) atoms. The largest absolute Gasteiger partial charge is 0.457 e. The molecule has 0 radical (unpaired) electrons. The van der Waals surface area contributed by atoms with Gasteiger partial charge in [0.05, 0.1) is 6.10 Å². The minimum atomic E-state index is -0.310. The van der Waals surface area contributed by atoms with Crippen molar-refractivity contribution in [3.8, 4) is 11.5 Å². The van der Waals surface area contributed by atoms with Crippen LogP contribution >= 0.6 is 0 Å². The van der Waals surface area contributed by atoms with Crippen LogP contribution < -0.4 is 4.74 Å². The van der Waals surface area contributed by atoms with Gasteiger partial charge >= 0.3 is 0 Å². The number of β-amino-alcohol motifs (C(OH)–C–C–N with tert-alkyl or cyclic N) is 1. The third-order valence-corrected chi connectivity index (χ3v) is 6.25. The zero-order valence-corrected chi connectivity index (χ0v) is 19.2. The van der Waals surface area contributed by atoms with E-state index in [2.05, 4.69) is 25.7 Å². The van der Waals surface area contributed by atoms with Gasteiger partial charge in [-0.25, -0.2) is 0 Å². The Kier molecular flexibility index (Phi) is 8.28. The van der Waals surface area contributed by atoms with Crippen LogP contribution in [0.4, 0.5) is 0 Å². The number of rotatable bonds is 9. The molecular formula is C27H37NO3. The van der Waals surface area contributed by atoms with Crippen LogP contribution in [0.2, 0.25) is 0 Å². The molecule has 4 heteroatoms. The molecule has 0 aliphatic carbocycles. The molecule has 1 aliphatic rings. The lowest BCUT2D eigenvalue weighted by atomic mass is 9.87. The molecule has 0 amide bonds. The van der Waals surface area contributed by atoms with Gasteiger partial charge in [0.1, 0.15) is 17.3 Å². The van der Waals surface area contributed by atoms with Crippen molar-refractivity contribution in [1.29, 1.82) is 0 Å². The third kappa shape index (κ3) is 7.79. The first-order chi connectivity index (χ1) is 14.8. The Bertz CT molecular complexity index is 803. The number of carbonyl (C=O) groups excluding carboxylic acids is 1. The van der Waals surface area contributed by atoms with E-state index in [1.54, 1.807) is 0 Å². The second-order valence-corrected chi connectivity index (χ2v) is 9.93. The van der Waals surface area contributed by atoms with E-state index in [1.807, 2.05) is 54.6 Å². The van der Waals surface area contributed by atoms with Gasteiger partial charge in [-0.1, -0.05) is 51.1 Å². The van der Waals surface area contributed by atoms with E-state index in [0.29, 0.717) is 24.5 Å². The van der Waals surface area contributed by atoms with Crippen molar-refractivity contribution in [2.24, 2.45) is 11.3 Å². The lowest BCUT2D eigenvalue weighted by molar-refractivity contribution is -0.120. The summed E-state index contributed by atoms with van der Waals surface area (Å²) in [5, 5.41) is 10.3. The number of aryl methyl sites for hydroxylation is 1. The van der Waals surface area contributed by atoms with E-state index in [1.165, 1.54) is 5.56 Å². The summed E-state index contributed by atoms with van der Waals surface area (Å²) in [6.07, 6.45) is 3.85. The standard InChI is InChI=1S/C27H37NO3/c1-27(2,3)26(30)20-28-17-15-22(16-18-28)19-23(29)12-9-21-10-13-25(14-11-21)31-24-7-5-4-6-8-24/h4-8,10-11,13-14,22,26,30H,9,12,15-20H2,1-3H3. The van der Waals surface area contributed by atoms with E-state index in [-0.39, 0.29) is 11.5 Å². The monoisotopic (exact) mass is 423 g/mol. The highest BCUT2D eigenvalue weighted by Gasteiger charge is 2.27. The van der Waals surface area contributed by atoms with Crippen LogP contribution in [0.25, 0.3) is 0 Å². The molecule has 0 bridgehead atoms. The first-order valence-electron chi connectivity index (χ1n) is 11.5. The number of hydrogen-bond donors (Lipinski definition) is 1. The zero-order valence-electron chi connectivity index (χ0n) is 19.2. The van der Waals surface area contributed by atoms with Crippen molar-refractivity contribution in [3.05, 3.63) is 60.2 Å². The summed E-state index contributed by atoms with van der Waals surface area (Å²) in [6.45, 7) is 8.92. The normalized spacial score (nSPS) is 16.8. The van der Waals surface area contributed by atoms with Crippen molar-refractivity contribution >= 4 is 5.78 Å². The number of nitrogens with zero attached hydrogens (tertiary/aromatic N) is 1. The molecule has 1 fully saturated rings. The van der Waals surface area contributed by atoms with Crippen LogP contribution in [-0.2, 0) is 11.2 Å². The van der Waals surface area contributed by atoms with Crippen molar-refractivity contribution in [3.63, 3.8) is 0 Å². The summed E-state index contributed by atoms with van der Waals surface area (Å²) >= 11 is 0. The fourth-order valence-electron chi connectivity index (χ4n) is 3.95. The Labute approximate surface area is 187 Å². The molecule has 0 spiro atoms. The Morgan fingerprint density at radius 1 is 1.03 bits per heavy atom. The minimum absolute atomic E-state index is 0.0846. The Balaban J connectivity index is 1.36. The molecule has 1 N–H and O–H groups in total. The van der Waals surface area contributed by atoms with Crippen LogP contribution in [0.5, 0.6) is 11.5 Å². The lowest BCUT2D eigenvalue weighted by Crippen LogP contribution is -2.43. The molecule has 2 aromatic carbocycles. The van der Waals surface area contributed by atoms with Gasteiger partial charge in [0.2, 0.25) is 0 Å². The molecule has 0 aromatic heterocycles. The van der Waals surface area contributed by atoms with Gasteiger partial charge in [0, 0.05) is 19.4 Å². The van der Waals surface area contributed by atoms with E-state index in [0.717, 1.165) is 50.4 Å². The van der Waals surface area contributed by atoms with Gasteiger partial charge in [-0.2, -0.15) is 0 Å². The number of carbonyl (C=O) groups is 1. The lowest BCUT2D eigenvalue weighted by Gasteiger charge is -2.36. The average molecular weight is 424 g/mol. The second-order valence-electron chi connectivity index (χ2n) is 9.93. The average Bonchev–Trinajstić information content (AvgIpc) is 2.75.